The number of hydrogen-bond donors (Lipinski definition) is 2. The van der Waals surface area contributed by atoms with Crippen molar-refractivity contribution in [3.05, 3.63) is 29.3 Å². The molecule has 2 heterocycles. The fourth-order valence-electron chi connectivity index (χ4n) is 3.96. The lowest BCUT2D eigenvalue weighted by Crippen LogP contribution is -2.62. The van der Waals surface area contributed by atoms with Crippen LogP contribution in [0.4, 0.5) is 0 Å². The highest BCUT2D eigenvalue weighted by molar-refractivity contribution is 7.89. The van der Waals surface area contributed by atoms with Crippen LogP contribution in [0.2, 0.25) is 5.02 Å². The Morgan fingerprint density at radius 1 is 1.27 bits per heavy atom. The standard InChI is InChI=1S/C16H23ClN2O3S.CH2O2/c1-18-9-2-7-16(12-20)8-10-19(11-15(16)18)23(21,22)14-5-3-13(17)4-6-14;2-1-3/h3-6,15,20H,2,7-12H2,1H3;1H,(H,2,3)/t15-,16-;/m1./s1. The molecule has 7 nitrogen and oxygen atoms in total. The van der Waals surface area contributed by atoms with E-state index in [0.717, 1.165) is 19.4 Å². The predicted octanol–water partition coefficient (Wildman–Crippen LogP) is 1.51. The number of carboxylic acid groups (broad SMARTS) is 1. The minimum atomic E-state index is -3.52. The van der Waals surface area contributed by atoms with Gasteiger partial charge in [-0.05, 0) is 57.1 Å². The quantitative estimate of drug-likeness (QED) is 0.741. The molecule has 2 aliphatic heterocycles. The van der Waals surface area contributed by atoms with Crippen molar-refractivity contribution in [3.8, 4) is 0 Å². The second-order valence-corrected chi connectivity index (χ2v) is 9.17. The molecule has 2 N–H and O–H groups in total. The first-order valence-electron chi connectivity index (χ1n) is 8.45. The number of likely N-dealkylation sites (tertiary alicyclic amines) is 1. The van der Waals surface area contributed by atoms with E-state index in [4.69, 9.17) is 21.5 Å². The normalized spacial score (nSPS) is 27.1. The van der Waals surface area contributed by atoms with Crippen LogP contribution in [0.15, 0.2) is 29.2 Å². The summed E-state index contributed by atoms with van der Waals surface area (Å²) in [5.41, 5.74) is -0.168. The van der Waals surface area contributed by atoms with Crippen molar-refractivity contribution in [1.82, 2.24) is 9.21 Å². The number of rotatable bonds is 3. The molecule has 2 aliphatic rings. The number of halogens is 1. The smallest absolute Gasteiger partial charge is 0.290 e. The maximum Gasteiger partial charge on any atom is 0.290 e. The summed E-state index contributed by atoms with van der Waals surface area (Å²) >= 11 is 5.85. The number of aliphatic hydroxyl groups is 1. The summed E-state index contributed by atoms with van der Waals surface area (Å²) in [6, 6.07) is 6.37. The molecule has 2 atom stereocenters. The SMILES string of the molecule is CN1CCC[C@]2(CO)CCN(S(=O)(=O)c3ccc(Cl)cc3)C[C@@H]12.O=CO. The molecule has 0 bridgehead atoms. The molecule has 0 spiro atoms. The average Bonchev–Trinajstić information content (AvgIpc) is 2.62. The summed E-state index contributed by atoms with van der Waals surface area (Å²) in [5, 5.41) is 17.3. The van der Waals surface area contributed by atoms with Crippen LogP contribution in [0.5, 0.6) is 0 Å². The van der Waals surface area contributed by atoms with Crippen LogP contribution in [-0.2, 0) is 14.8 Å². The minimum absolute atomic E-state index is 0.0667. The Hall–Kier alpha value is -1.19. The summed E-state index contributed by atoms with van der Waals surface area (Å²) < 4.78 is 27.3. The van der Waals surface area contributed by atoms with Gasteiger partial charge in [0.15, 0.2) is 0 Å². The molecule has 26 heavy (non-hydrogen) atoms. The molecule has 1 aromatic rings. The Kier molecular flexibility index (Phi) is 7.04. The second kappa shape index (κ2) is 8.67. The maximum absolute atomic E-state index is 12.9. The maximum atomic E-state index is 12.9. The number of piperidine rings is 2. The second-order valence-electron chi connectivity index (χ2n) is 6.79. The zero-order chi connectivity index (χ0) is 19.4. The zero-order valence-electron chi connectivity index (χ0n) is 14.7. The van der Waals surface area contributed by atoms with Crippen LogP contribution < -0.4 is 0 Å². The van der Waals surface area contributed by atoms with Gasteiger partial charge in [-0.2, -0.15) is 4.31 Å². The molecular formula is C17H25ClN2O5S. The van der Waals surface area contributed by atoms with Gasteiger partial charge in [-0.1, -0.05) is 11.6 Å². The molecule has 146 valence electrons. The van der Waals surface area contributed by atoms with Gasteiger partial charge in [-0.15, -0.1) is 0 Å². The van der Waals surface area contributed by atoms with Gasteiger partial charge in [0.25, 0.3) is 6.47 Å². The fourth-order valence-corrected chi connectivity index (χ4v) is 5.54. The van der Waals surface area contributed by atoms with Gasteiger partial charge in [0, 0.05) is 29.6 Å². The first-order valence-corrected chi connectivity index (χ1v) is 10.3. The lowest BCUT2D eigenvalue weighted by molar-refractivity contribution is -0.122. The molecule has 2 saturated heterocycles. The van der Waals surface area contributed by atoms with Gasteiger partial charge in [0.05, 0.1) is 11.5 Å². The number of carbonyl (C=O) groups is 1. The summed E-state index contributed by atoms with van der Waals surface area (Å²) in [6.07, 6.45) is 2.72. The monoisotopic (exact) mass is 404 g/mol. The van der Waals surface area contributed by atoms with Crippen LogP contribution in [0, 0.1) is 5.41 Å². The van der Waals surface area contributed by atoms with E-state index in [-0.39, 0.29) is 29.4 Å². The van der Waals surface area contributed by atoms with E-state index in [1.54, 1.807) is 28.6 Å². The van der Waals surface area contributed by atoms with Crippen molar-refractivity contribution in [3.63, 3.8) is 0 Å². The van der Waals surface area contributed by atoms with E-state index < -0.39 is 10.0 Å². The molecule has 0 radical (unpaired) electrons. The third-order valence-corrected chi connectivity index (χ3v) is 7.56. The van der Waals surface area contributed by atoms with Crippen LogP contribution in [0.3, 0.4) is 0 Å². The van der Waals surface area contributed by atoms with Crippen LogP contribution >= 0.6 is 11.6 Å². The highest BCUT2D eigenvalue weighted by Gasteiger charge is 2.48. The summed E-state index contributed by atoms with van der Waals surface area (Å²) in [6.45, 7) is 1.70. The minimum Gasteiger partial charge on any atom is -0.483 e. The predicted molar refractivity (Wildman–Crippen MR) is 98.7 cm³/mol. The topological polar surface area (TPSA) is 98.2 Å². The van der Waals surface area contributed by atoms with Gasteiger partial charge < -0.3 is 15.1 Å². The van der Waals surface area contributed by atoms with Crippen LogP contribution in [-0.4, -0.2) is 73.6 Å². The number of likely N-dealkylation sites (N-methyl/N-ethyl adjacent to an activating group) is 1. The van der Waals surface area contributed by atoms with E-state index in [0.29, 0.717) is 24.5 Å². The molecule has 0 unspecified atom stereocenters. The first kappa shape index (κ1) is 21.1. The number of benzene rings is 1. The van der Waals surface area contributed by atoms with Gasteiger partial charge in [-0.3, -0.25) is 4.79 Å². The first-order chi connectivity index (χ1) is 12.3. The van der Waals surface area contributed by atoms with Crippen molar-refractivity contribution < 1.29 is 23.4 Å². The molecule has 2 fully saturated rings. The average molecular weight is 405 g/mol. The lowest BCUT2D eigenvalue weighted by Gasteiger charge is -2.53. The molecule has 0 aliphatic carbocycles. The fraction of sp³-hybridized carbons (Fsp3) is 0.588. The van der Waals surface area contributed by atoms with E-state index in [1.165, 1.54) is 0 Å². The van der Waals surface area contributed by atoms with E-state index >= 15 is 0 Å². The largest absolute Gasteiger partial charge is 0.483 e. The Morgan fingerprint density at radius 3 is 2.46 bits per heavy atom. The van der Waals surface area contributed by atoms with Crippen molar-refractivity contribution in [2.24, 2.45) is 5.41 Å². The Morgan fingerprint density at radius 2 is 1.88 bits per heavy atom. The Balaban J connectivity index is 0.000000758. The van der Waals surface area contributed by atoms with Crippen molar-refractivity contribution >= 4 is 28.1 Å². The number of nitrogens with zero attached hydrogens (tertiary/aromatic N) is 2. The zero-order valence-corrected chi connectivity index (χ0v) is 16.3. The van der Waals surface area contributed by atoms with Crippen molar-refractivity contribution in [1.29, 1.82) is 0 Å². The van der Waals surface area contributed by atoms with Crippen molar-refractivity contribution in [2.75, 3.05) is 33.3 Å². The Bertz CT molecular complexity index is 712. The highest BCUT2D eigenvalue weighted by atomic mass is 35.5. The molecule has 1 aromatic carbocycles. The Labute approximate surface area is 159 Å². The number of sulfonamides is 1. The number of fused-ring (bicyclic) bond motifs is 1. The molecule has 9 heteroatoms. The van der Waals surface area contributed by atoms with E-state index in [2.05, 4.69) is 4.90 Å². The summed E-state index contributed by atoms with van der Waals surface area (Å²) in [5.74, 6) is 0. The third kappa shape index (κ3) is 4.20. The summed E-state index contributed by atoms with van der Waals surface area (Å²) in [7, 11) is -1.50. The van der Waals surface area contributed by atoms with Gasteiger partial charge in [0.1, 0.15) is 0 Å². The molecule has 0 saturated carbocycles. The van der Waals surface area contributed by atoms with E-state index in [1.807, 2.05) is 7.05 Å². The number of hydrogen-bond acceptors (Lipinski definition) is 5. The van der Waals surface area contributed by atoms with Gasteiger partial charge in [-0.25, -0.2) is 8.42 Å². The molecule has 0 aromatic heterocycles. The van der Waals surface area contributed by atoms with Crippen LogP contribution in [0.25, 0.3) is 0 Å². The molecular weight excluding hydrogens is 380 g/mol. The third-order valence-electron chi connectivity index (χ3n) is 5.43. The highest BCUT2D eigenvalue weighted by Crippen LogP contribution is 2.42. The summed E-state index contributed by atoms with van der Waals surface area (Å²) in [4.78, 5) is 10.8. The molecule has 3 rings (SSSR count). The van der Waals surface area contributed by atoms with Crippen LogP contribution in [0.1, 0.15) is 19.3 Å². The molecule has 0 amide bonds. The van der Waals surface area contributed by atoms with E-state index in [9.17, 15) is 13.5 Å². The lowest BCUT2D eigenvalue weighted by atomic mass is 9.69. The van der Waals surface area contributed by atoms with Crippen molar-refractivity contribution in [2.45, 2.75) is 30.2 Å². The van der Waals surface area contributed by atoms with Gasteiger partial charge >= 0.3 is 0 Å². The number of aliphatic hydroxyl groups excluding tert-OH is 1. The van der Waals surface area contributed by atoms with Gasteiger partial charge in [0.2, 0.25) is 10.0 Å².